The van der Waals surface area contributed by atoms with Crippen molar-refractivity contribution in [3.05, 3.63) is 259 Å². The Kier molecular flexibility index (Phi) is 7.85. The highest BCUT2D eigenvalue weighted by molar-refractivity contribution is 6.20. The van der Waals surface area contributed by atoms with E-state index >= 15 is 0 Å². The van der Waals surface area contributed by atoms with Gasteiger partial charge in [0.2, 0.25) is 0 Å². The van der Waals surface area contributed by atoms with E-state index in [2.05, 4.69) is 241 Å². The number of para-hydroxylation sites is 2. The number of hydrogen-bond acceptors (Lipinski definition) is 2. The van der Waals surface area contributed by atoms with Crippen LogP contribution in [0.5, 0.6) is 0 Å². The summed E-state index contributed by atoms with van der Waals surface area (Å²) in [5.74, 6) is 0. The summed E-state index contributed by atoms with van der Waals surface area (Å²) in [6.45, 7) is 0. The van der Waals surface area contributed by atoms with Gasteiger partial charge in [-0.05, 0) is 115 Å². The summed E-state index contributed by atoms with van der Waals surface area (Å²) in [4.78, 5) is 2.48. The summed E-state index contributed by atoms with van der Waals surface area (Å²) in [5, 5.41) is 2.19. The van der Waals surface area contributed by atoms with Gasteiger partial charge in [-0.2, -0.15) is 0 Å². The number of benzene rings is 10. The van der Waals surface area contributed by atoms with Crippen LogP contribution in [0.2, 0.25) is 0 Å². The normalized spacial score (nSPS) is 12.9. The number of furan rings is 1. The Morgan fingerprint density at radius 1 is 0.317 bits per heavy atom. The van der Waals surface area contributed by atoms with E-state index < -0.39 is 5.41 Å². The maximum atomic E-state index is 7.00. The van der Waals surface area contributed by atoms with Crippen LogP contribution in [0.3, 0.4) is 0 Å². The molecule has 2 nitrogen and oxygen atoms in total. The zero-order valence-corrected chi connectivity index (χ0v) is 34.4. The van der Waals surface area contributed by atoms with Crippen LogP contribution in [0.15, 0.2) is 241 Å². The average Bonchev–Trinajstić information content (AvgIpc) is 3.99. The highest BCUT2D eigenvalue weighted by Crippen LogP contribution is 2.66. The monoisotopic (exact) mass is 801 g/mol. The lowest BCUT2D eigenvalue weighted by atomic mass is 9.70. The van der Waals surface area contributed by atoms with Crippen molar-refractivity contribution in [2.24, 2.45) is 0 Å². The first-order chi connectivity index (χ1) is 31.3. The fraction of sp³-hybridized carbons (Fsp3) is 0.0164. The molecule has 0 aliphatic heterocycles. The highest BCUT2D eigenvalue weighted by atomic mass is 16.3. The van der Waals surface area contributed by atoms with Crippen LogP contribution in [-0.4, -0.2) is 0 Å². The van der Waals surface area contributed by atoms with E-state index in [1.165, 1.54) is 77.9 Å². The van der Waals surface area contributed by atoms with Gasteiger partial charge in [-0.25, -0.2) is 0 Å². The Morgan fingerprint density at radius 3 is 1.41 bits per heavy atom. The zero-order chi connectivity index (χ0) is 41.5. The lowest BCUT2D eigenvalue weighted by molar-refractivity contribution is 0.666. The van der Waals surface area contributed by atoms with Crippen LogP contribution in [0.4, 0.5) is 17.1 Å². The second kappa shape index (κ2) is 13.9. The fourth-order valence-electron chi connectivity index (χ4n) is 10.8. The van der Waals surface area contributed by atoms with Crippen LogP contribution in [0, 0.1) is 0 Å². The van der Waals surface area contributed by atoms with E-state index in [-0.39, 0.29) is 0 Å². The molecule has 0 saturated carbocycles. The van der Waals surface area contributed by atoms with E-state index in [1.807, 2.05) is 0 Å². The second-order valence-electron chi connectivity index (χ2n) is 16.7. The summed E-state index contributed by atoms with van der Waals surface area (Å²) < 4.78 is 7.00. The van der Waals surface area contributed by atoms with Crippen molar-refractivity contribution in [3.63, 3.8) is 0 Å². The van der Waals surface area contributed by atoms with Crippen molar-refractivity contribution in [1.29, 1.82) is 0 Å². The van der Waals surface area contributed by atoms with E-state index in [1.54, 1.807) is 0 Å². The molecule has 2 aliphatic rings. The second-order valence-corrected chi connectivity index (χ2v) is 16.7. The molecule has 0 unspecified atom stereocenters. The summed E-state index contributed by atoms with van der Waals surface area (Å²) in [5.41, 5.74) is 21.7. The summed E-state index contributed by atoms with van der Waals surface area (Å²) >= 11 is 0. The highest BCUT2D eigenvalue weighted by Gasteiger charge is 2.53. The quantitative estimate of drug-likeness (QED) is 0.167. The van der Waals surface area contributed by atoms with Gasteiger partial charge in [0, 0.05) is 22.3 Å². The summed E-state index contributed by atoms with van der Waals surface area (Å²) in [6.07, 6.45) is 0. The maximum absolute atomic E-state index is 7.00. The molecule has 294 valence electrons. The smallest absolute Gasteiger partial charge is 0.137 e. The van der Waals surface area contributed by atoms with Gasteiger partial charge in [0.05, 0.1) is 16.5 Å². The van der Waals surface area contributed by atoms with Gasteiger partial charge in [0.15, 0.2) is 0 Å². The molecule has 0 N–H and O–H groups in total. The summed E-state index contributed by atoms with van der Waals surface area (Å²) in [6, 6.07) is 86.4. The number of nitrogens with zero attached hydrogens (tertiary/aromatic N) is 1. The SMILES string of the molecule is c1ccc(-c2ccc(-c3ccc(N(c4ccccc4)c4c5c(cc6oc7ccccc7c46)C4(c6ccccc6-c6ccccc64)c4ccc(-c6ccccc6)cc4-5)cc3)cc2)cc1. The first kappa shape index (κ1) is 35.5. The third-order valence-corrected chi connectivity index (χ3v) is 13.5. The molecule has 2 heteroatoms. The molecule has 1 heterocycles. The molecule has 0 radical (unpaired) electrons. The van der Waals surface area contributed by atoms with E-state index in [4.69, 9.17) is 4.42 Å². The molecule has 10 aromatic carbocycles. The molecule has 63 heavy (non-hydrogen) atoms. The molecule has 0 amide bonds. The molecule has 11 aromatic rings. The van der Waals surface area contributed by atoms with E-state index in [0.29, 0.717) is 0 Å². The lowest BCUT2D eigenvalue weighted by Gasteiger charge is -2.32. The lowest BCUT2D eigenvalue weighted by Crippen LogP contribution is -2.26. The first-order valence-corrected chi connectivity index (χ1v) is 21.8. The molecular formula is C61H39NO. The van der Waals surface area contributed by atoms with Crippen LogP contribution in [0.25, 0.3) is 77.6 Å². The molecule has 0 atom stereocenters. The van der Waals surface area contributed by atoms with Crippen LogP contribution < -0.4 is 4.90 Å². The van der Waals surface area contributed by atoms with Crippen LogP contribution >= 0.6 is 0 Å². The zero-order valence-electron chi connectivity index (χ0n) is 34.4. The molecule has 0 bridgehead atoms. The van der Waals surface area contributed by atoms with Crippen molar-refractivity contribution < 1.29 is 4.42 Å². The van der Waals surface area contributed by atoms with Gasteiger partial charge in [0.1, 0.15) is 11.2 Å². The van der Waals surface area contributed by atoms with Gasteiger partial charge >= 0.3 is 0 Å². The molecule has 1 spiro atoms. The third-order valence-electron chi connectivity index (χ3n) is 13.5. The minimum Gasteiger partial charge on any atom is -0.456 e. The number of anilines is 3. The predicted molar refractivity (Wildman–Crippen MR) is 261 cm³/mol. The van der Waals surface area contributed by atoms with Crippen molar-refractivity contribution in [3.8, 4) is 55.6 Å². The number of fused-ring (bicyclic) bond motifs is 13. The molecule has 1 aromatic heterocycles. The fourth-order valence-corrected chi connectivity index (χ4v) is 10.8. The standard InChI is InChI=1S/C61H39NO/c1-4-16-40(17-5-1)42-28-30-43(31-29-42)44-32-35-47(36-33-44)62(46-20-8-3-9-21-46)60-58-51-38-45(41-18-6-2-7-19-41)34-37-54(51)61(52-25-13-10-22-48(52)49-23-11-14-26-53(49)61)55(58)39-57-59(60)50-24-12-15-27-56(50)63-57/h1-39H. The Labute approximate surface area is 366 Å². The van der Waals surface area contributed by atoms with Crippen molar-refractivity contribution in [2.75, 3.05) is 4.90 Å². The van der Waals surface area contributed by atoms with E-state index in [9.17, 15) is 0 Å². The Hall–Kier alpha value is -8.20. The van der Waals surface area contributed by atoms with Crippen molar-refractivity contribution in [1.82, 2.24) is 0 Å². The number of rotatable bonds is 6. The van der Waals surface area contributed by atoms with Crippen LogP contribution in [0.1, 0.15) is 22.3 Å². The minimum atomic E-state index is -0.576. The molecule has 0 saturated heterocycles. The molecule has 0 fully saturated rings. The molecular weight excluding hydrogens is 763 g/mol. The summed E-state index contributed by atoms with van der Waals surface area (Å²) in [7, 11) is 0. The third kappa shape index (κ3) is 5.25. The van der Waals surface area contributed by atoms with Gasteiger partial charge in [-0.15, -0.1) is 0 Å². The van der Waals surface area contributed by atoms with Gasteiger partial charge in [-0.3, -0.25) is 0 Å². The largest absolute Gasteiger partial charge is 0.456 e. The van der Waals surface area contributed by atoms with Gasteiger partial charge in [0.25, 0.3) is 0 Å². The van der Waals surface area contributed by atoms with Crippen molar-refractivity contribution >= 4 is 39.0 Å². The molecule has 2 aliphatic carbocycles. The Balaban J connectivity index is 1.12. The average molecular weight is 802 g/mol. The van der Waals surface area contributed by atoms with Gasteiger partial charge < -0.3 is 9.32 Å². The van der Waals surface area contributed by atoms with Gasteiger partial charge in [-0.1, -0.05) is 194 Å². The maximum Gasteiger partial charge on any atom is 0.137 e. The minimum absolute atomic E-state index is 0.576. The van der Waals surface area contributed by atoms with E-state index in [0.717, 1.165) is 39.0 Å². The molecule has 13 rings (SSSR count). The van der Waals surface area contributed by atoms with Crippen molar-refractivity contribution in [2.45, 2.75) is 5.41 Å². The van der Waals surface area contributed by atoms with Crippen LogP contribution in [-0.2, 0) is 5.41 Å². The number of hydrogen-bond donors (Lipinski definition) is 0. The first-order valence-electron chi connectivity index (χ1n) is 21.8. The Morgan fingerprint density at radius 2 is 0.778 bits per heavy atom. The Bertz CT molecular complexity index is 3490. The topological polar surface area (TPSA) is 16.4 Å². The predicted octanol–water partition coefficient (Wildman–Crippen LogP) is 16.4.